The van der Waals surface area contributed by atoms with Gasteiger partial charge in [0.05, 0.1) is 0 Å². The molecule has 0 fully saturated rings. The van der Waals surface area contributed by atoms with Gasteiger partial charge in [0.2, 0.25) is 0 Å². The van der Waals surface area contributed by atoms with Crippen LogP contribution in [0.2, 0.25) is 0 Å². The van der Waals surface area contributed by atoms with E-state index in [1.807, 2.05) is 6.92 Å². The fourth-order valence-electron chi connectivity index (χ4n) is 0. The van der Waals surface area contributed by atoms with Gasteiger partial charge in [-0.2, -0.15) is 0 Å². The van der Waals surface area contributed by atoms with Gasteiger partial charge in [-0.05, 0) is 6.42 Å². The van der Waals surface area contributed by atoms with E-state index in [1.165, 1.54) is 0 Å². The summed E-state index contributed by atoms with van der Waals surface area (Å²) in [5.41, 5.74) is 0. The van der Waals surface area contributed by atoms with Crippen LogP contribution in [-0.4, -0.2) is 11.7 Å². The van der Waals surface area contributed by atoms with E-state index in [1.54, 1.807) is 0 Å². The minimum Gasteiger partial charge on any atom is -0.396 e. The molecule has 0 aliphatic rings. The summed E-state index contributed by atoms with van der Waals surface area (Å²) < 4.78 is 0. The average molecular weight is 78.1 g/mol. The lowest BCUT2D eigenvalue weighted by Crippen LogP contribution is -1.69. The Balaban J connectivity index is 0. The topological polar surface area (TPSA) is 56.7 Å². The Morgan fingerprint density at radius 3 is 1.80 bits per heavy atom. The van der Waals surface area contributed by atoms with Crippen LogP contribution >= 0.6 is 0 Å². The summed E-state index contributed by atoms with van der Waals surface area (Å²) in [6.07, 6.45) is 0.875. The molecule has 0 aromatic rings. The highest BCUT2D eigenvalue weighted by molar-refractivity contribution is 4.10. The number of hydrogen-bond donors (Lipinski definition) is 2. The summed E-state index contributed by atoms with van der Waals surface area (Å²) in [6.45, 7) is 2.25. The lowest BCUT2D eigenvalue weighted by atomic mass is 10.5. The standard InChI is InChI=1S/C3H8O.H3N/c1-2-3-4;/h4H,2-3H2,1H3;1H3/p+1. The molecule has 2 heteroatoms. The summed E-state index contributed by atoms with van der Waals surface area (Å²) in [4.78, 5) is 0. The van der Waals surface area contributed by atoms with Gasteiger partial charge in [-0.3, -0.25) is 0 Å². The SMILES string of the molecule is CCCO.[NH4+]. The van der Waals surface area contributed by atoms with Crippen LogP contribution in [0.25, 0.3) is 0 Å². The first-order valence-corrected chi connectivity index (χ1v) is 1.52. The van der Waals surface area contributed by atoms with Crippen molar-refractivity contribution in [1.29, 1.82) is 0 Å². The second kappa shape index (κ2) is 9.07. The number of aliphatic hydroxyl groups excluding tert-OH is 1. The molecule has 5 N–H and O–H groups in total. The van der Waals surface area contributed by atoms with Crippen LogP contribution in [0.15, 0.2) is 0 Å². The third-order valence-electron chi connectivity index (χ3n) is 0.224. The molecule has 2 nitrogen and oxygen atoms in total. The predicted molar refractivity (Wildman–Crippen MR) is 23.4 cm³/mol. The van der Waals surface area contributed by atoms with Gasteiger partial charge in [0.1, 0.15) is 0 Å². The zero-order chi connectivity index (χ0) is 3.41. The molecule has 0 aromatic carbocycles. The number of hydrogen-bond acceptors (Lipinski definition) is 1. The maximum Gasteiger partial charge on any atom is 0.0428 e. The molecule has 34 valence electrons. The Morgan fingerprint density at radius 2 is 1.80 bits per heavy atom. The van der Waals surface area contributed by atoms with Crippen molar-refractivity contribution in [3.63, 3.8) is 0 Å². The molecule has 0 saturated carbocycles. The number of rotatable bonds is 1. The maximum absolute atomic E-state index is 7.88. The normalized spacial score (nSPS) is 6.00. The van der Waals surface area contributed by atoms with Crippen molar-refractivity contribution in [1.82, 2.24) is 6.15 Å². The van der Waals surface area contributed by atoms with Gasteiger partial charge in [-0.1, -0.05) is 6.92 Å². The van der Waals surface area contributed by atoms with Crippen molar-refractivity contribution in [2.45, 2.75) is 13.3 Å². The summed E-state index contributed by atoms with van der Waals surface area (Å²) in [5, 5.41) is 7.88. The zero-order valence-electron chi connectivity index (χ0n) is 3.86. The molecular weight excluding hydrogens is 66.0 g/mol. The largest absolute Gasteiger partial charge is 0.396 e. The van der Waals surface area contributed by atoms with Crippen LogP contribution in [-0.2, 0) is 0 Å². The average Bonchev–Trinajstić information content (AvgIpc) is 1.37. The number of quaternary nitrogens is 1. The molecule has 0 spiro atoms. The molecule has 0 aliphatic carbocycles. The van der Waals surface area contributed by atoms with Crippen LogP contribution in [0.4, 0.5) is 0 Å². The van der Waals surface area contributed by atoms with Gasteiger partial charge in [-0.25, -0.2) is 0 Å². The fourth-order valence-corrected chi connectivity index (χ4v) is 0. The van der Waals surface area contributed by atoms with Crippen molar-refractivity contribution in [2.75, 3.05) is 6.61 Å². The van der Waals surface area contributed by atoms with E-state index in [-0.39, 0.29) is 6.15 Å². The van der Waals surface area contributed by atoms with Crippen molar-refractivity contribution < 1.29 is 5.11 Å². The predicted octanol–water partition coefficient (Wildman–Crippen LogP) is 0.765. The van der Waals surface area contributed by atoms with E-state index in [0.29, 0.717) is 6.61 Å². The second-order valence-electron chi connectivity index (χ2n) is 0.724. The smallest absolute Gasteiger partial charge is 0.0428 e. The quantitative estimate of drug-likeness (QED) is 0.478. The second-order valence-corrected chi connectivity index (χ2v) is 0.724. The third-order valence-corrected chi connectivity index (χ3v) is 0.224. The molecule has 0 saturated heterocycles. The van der Waals surface area contributed by atoms with E-state index in [4.69, 9.17) is 5.11 Å². The highest BCUT2D eigenvalue weighted by atomic mass is 16.2. The van der Waals surface area contributed by atoms with E-state index in [2.05, 4.69) is 0 Å². The molecule has 0 bridgehead atoms. The molecule has 0 amide bonds. The maximum atomic E-state index is 7.88. The van der Waals surface area contributed by atoms with Crippen molar-refractivity contribution in [2.24, 2.45) is 0 Å². The van der Waals surface area contributed by atoms with Crippen LogP contribution in [0, 0.1) is 0 Å². The van der Waals surface area contributed by atoms with E-state index in [9.17, 15) is 0 Å². The van der Waals surface area contributed by atoms with Crippen LogP contribution in [0.3, 0.4) is 0 Å². The molecule has 0 heterocycles. The Labute approximate surface area is 32.4 Å². The Bertz CT molecular complexity index is 8.85. The molecule has 0 radical (unpaired) electrons. The molecular formula is C3H12NO+. The van der Waals surface area contributed by atoms with Crippen LogP contribution in [0.5, 0.6) is 0 Å². The minimum absolute atomic E-state index is 0. The molecule has 0 aromatic heterocycles. The molecule has 0 aliphatic heterocycles. The first-order valence-electron chi connectivity index (χ1n) is 1.52. The van der Waals surface area contributed by atoms with Gasteiger partial charge in [0.15, 0.2) is 0 Å². The minimum atomic E-state index is 0. The number of aliphatic hydroxyl groups is 1. The summed E-state index contributed by atoms with van der Waals surface area (Å²) in [5.74, 6) is 0. The summed E-state index contributed by atoms with van der Waals surface area (Å²) in [6, 6.07) is 0. The molecule has 0 rings (SSSR count). The van der Waals surface area contributed by atoms with Gasteiger partial charge >= 0.3 is 0 Å². The first kappa shape index (κ1) is 8.87. The van der Waals surface area contributed by atoms with E-state index >= 15 is 0 Å². The lowest BCUT2D eigenvalue weighted by Gasteiger charge is -1.69. The third kappa shape index (κ3) is 17.1. The van der Waals surface area contributed by atoms with Crippen LogP contribution < -0.4 is 6.15 Å². The Morgan fingerprint density at radius 1 is 1.60 bits per heavy atom. The molecule has 0 unspecified atom stereocenters. The molecule has 5 heavy (non-hydrogen) atoms. The van der Waals surface area contributed by atoms with Gasteiger partial charge < -0.3 is 11.3 Å². The highest BCUT2D eigenvalue weighted by Gasteiger charge is 1.57. The van der Waals surface area contributed by atoms with E-state index in [0.717, 1.165) is 6.42 Å². The summed E-state index contributed by atoms with van der Waals surface area (Å²) in [7, 11) is 0. The Kier molecular flexibility index (Phi) is 16.1. The van der Waals surface area contributed by atoms with Gasteiger partial charge in [0.25, 0.3) is 0 Å². The van der Waals surface area contributed by atoms with Crippen molar-refractivity contribution >= 4 is 0 Å². The fraction of sp³-hybridized carbons (Fsp3) is 1.00. The van der Waals surface area contributed by atoms with Crippen molar-refractivity contribution in [3.8, 4) is 0 Å². The monoisotopic (exact) mass is 78.1 g/mol. The zero-order valence-corrected chi connectivity index (χ0v) is 3.86. The highest BCUT2D eigenvalue weighted by Crippen LogP contribution is 1.61. The molecule has 0 atom stereocenters. The first-order chi connectivity index (χ1) is 1.91. The lowest BCUT2D eigenvalue weighted by molar-refractivity contribution is 0.295. The van der Waals surface area contributed by atoms with Gasteiger partial charge in [0, 0.05) is 6.61 Å². The van der Waals surface area contributed by atoms with Crippen LogP contribution in [0.1, 0.15) is 13.3 Å². The summed E-state index contributed by atoms with van der Waals surface area (Å²) >= 11 is 0. The van der Waals surface area contributed by atoms with E-state index < -0.39 is 0 Å². The Hall–Kier alpha value is -0.0800. The van der Waals surface area contributed by atoms with Gasteiger partial charge in [-0.15, -0.1) is 0 Å². The van der Waals surface area contributed by atoms with Crippen molar-refractivity contribution in [3.05, 3.63) is 0 Å².